The second-order valence-corrected chi connectivity index (χ2v) is 4.42. The molecule has 0 aliphatic carbocycles. The van der Waals surface area contributed by atoms with Crippen LogP contribution in [0.2, 0.25) is 0 Å². The summed E-state index contributed by atoms with van der Waals surface area (Å²) in [5.74, 6) is 0.371. The molecular weight excluding hydrogens is 176 g/mol. The van der Waals surface area contributed by atoms with Gasteiger partial charge in [0.05, 0.1) is 0 Å². The average molecular weight is 196 g/mol. The molecule has 1 amide bonds. The SMILES string of the molecule is O=C(CC[C@H]1CCCN1)N1CCCC1. The first kappa shape index (κ1) is 9.97. The minimum atomic E-state index is 0.371. The number of rotatable bonds is 3. The fraction of sp³-hybridized carbons (Fsp3) is 0.909. The van der Waals surface area contributed by atoms with E-state index >= 15 is 0 Å². The summed E-state index contributed by atoms with van der Waals surface area (Å²) in [5.41, 5.74) is 0. The van der Waals surface area contributed by atoms with E-state index < -0.39 is 0 Å². The number of carbonyl (C=O) groups is 1. The van der Waals surface area contributed by atoms with Crippen LogP contribution < -0.4 is 5.32 Å². The quantitative estimate of drug-likeness (QED) is 0.734. The van der Waals surface area contributed by atoms with E-state index in [9.17, 15) is 4.79 Å². The van der Waals surface area contributed by atoms with Gasteiger partial charge in [0.15, 0.2) is 0 Å². The van der Waals surface area contributed by atoms with Crippen molar-refractivity contribution in [2.24, 2.45) is 0 Å². The third-order valence-corrected chi connectivity index (χ3v) is 3.33. The van der Waals surface area contributed by atoms with Gasteiger partial charge in [0.25, 0.3) is 0 Å². The lowest BCUT2D eigenvalue weighted by molar-refractivity contribution is -0.130. The summed E-state index contributed by atoms with van der Waals surface area (Å²) in [6.07, 6.45) is 6.73. The van der Waals surface area contributed by atoms with Crippen molar-refractivity contribution in [1.29, 1.82) is 0 Å². The molecule has 1 atom stereocenters. The molecule has 0 radical (unpaired) electrons. The summed E-state index contributed by atoms with van der Waals surface area (Å²) in [5, 5.41) is 3.43. The van der Waals surface area contributed by atoms with Crippen LogP contribution in [0, 0.1) is 0 Å². The summed E-state index contributed by atoms with van der Waals surface area (Å²) in [7, 11) is 0. The highest BCUT2D eigenvalue weighted by molar-refractivity contribution is 5.76. The molecule has 0 bridgehead atoms. The van der Waals surface area contributed by atoms with Gasteiger partial charge in [-0.05, 0) is 38.6 Å². The molecule has 2 saturated heterocycles. The van der Waals surface area contributed by atoms with Gasteiger partial charge in [0, 0.05) is 25.6 Å². The van der Waals surface area contributed by atoms with Crippen LogP contribution in [0.25, 0.3) is 0 Å². The molecule has 0 aromatic rings. The van der Waals surface area contributed by atoms with Crippen molar-refractivity contribution < 1.29 is 4.79 Å². The number of hydrogen-bond donors (Lipinski definition) is 1. The molecule has 80 valence electrons. The lowest BCUT2D eigenvalue weighted by atomic mass is 10.1. The molecule has 1 N–H and O–H groups in total. The lowest BCUT2D eigenvalue weighted by Crippen LogP contribution is -2.30. The first-order valence-electron chi connectivity index (χ1n) is 5.87. The largest absolute Gasteiger partial charge is 0.343 e. The Kier molecular flexibility index (Phi) is 3.40. The normalized spacial score (nSPS) is 27.1. The molecule has 2 fully saturated rings. The van der Waals surface area contributed by atoms with E-state index in [1.807, 2.05) is 4.90 Å². The minimum Gasteiger partial charge on any atom is -0.343 e. The van der Waals surface area contributed by atoms with Gasteiger partial charge in [-0.25, -0.2) is 0 Å². The van der Waals surface area contributed by atoms with Crippen LogP contribution in [-0.4, -0.2) is 36.5 Å². The van der Waals surface area contributed by atoms with Crippen molar-refractivity contribution in [3.8, 4) is 0 Å². The summed E-state index contributed by atoms with van der Waals surface area (Å²) in [6.45, 7) is 3.14. The monoisotopic (exact) mass is 196 g/mol. The van der Waals surface area contributed by atoms with Crippen LogP contribution in [0.1, 0.15) is 38.5 Å². The maximum atomic E-state index is 11.7. The van der Waals surface area contributed by atoms with Crippen LogP contribution in [0.4, 0.5) is 0 Å². The van der Waals surface area contributed by atoms with Gasteiger partial charge in [-0.1, -0.05) is 0 Å². The van der Waals surface area contributed by atoms with Gasteiger partial charge in [-0.3, -0.25) is 4.79 Å². The Morgan fingerprint density at radius 1 is 1.29 bits per heavy atom. The molecule has 3 nitrogen and oxygen atoms in total. The predicted molar refractivity (Wildman–Crippen MR) is 56.1 cm³/mol. The van der Waals surface area contributed by atoms with E-state index in [1.54, 1.807) is 0 Å². The third kappa shape index (κ3) is 2.47. The molecule has 2 aliphatic heterocycles. The number of hydrogen-bond acceptors (Lipinski definition) is 2. The molecule has 14 heavy (non-hydrogen) atoms. The average Bonchev–Trinajstić information content (AvgIpc) is 2.87. The zero-order valence-electron chi connectivity index (χ0n) is 8.80. The number of likely N-dealkylation sites (tertiary alicyclic amines) is 1. The molecule has 0 aromatic carbocycles. The van der Waals surface area contributed by atoms with E-state index in [2.05, 4.69) is 5.32 Å². The van der Waals surface area contributed by atoms with Gasteiger partial charge < -0.3 is 10.2 Å². The van der Waals surface area contributed by atoms with Crippen molar-refractivity contribution >= 4 is 5.91 Å². The molecule has 2 rings (SSSR count). The van der Waals surface area contributed by atoms with Crippen LogP contribution in [0.5, 0.6) is 0 Å². The standard InChI is InChI=1S/C11H20N2O/c14-11(13-8-1-2-9-13)6-5-10-4-3-7-12-10/h10,12H,1-9H2/t10-/m1/s1. The highest BCUT2D eigenvalue weighted by Crippen LogP contribution is 2.14. The first-order chi connectivity index (χ1) is 6.86. The van der Waals surface area contributed by atoms with E-state index in [0.29, 0.717) is 11.9 Å². The Balaban J connectivity index is 1.66. The predicted octanol–water partition coefficient (Wildman–Crippen LogP) is 1.14. The topological polar surface area (TPSA) is 32.3 Å². The van der Waals surface area contributed by atoms with Crippen LogP contribution in [-0.2, 0) is 4.79 Å². The zero-order chi connectivity index (χ0) is 9.80. The maximum absolute atomic E-state index is 11.7. The van der Waals surface area contributed by atoms with E-state index in [4.69, 9.17) is 0 Å². The summed E-state index contributed by atoms with van der Waals surface area (Å²) < 4.78 is 0. The van der Waals surface area contributed by atoms with Crippen molar-refractivity contribution in [3.63, 3.8) is 0 Å². The highest BCUT2D eigenvalue weighted by Gasteiger charge is 2.20. The molecular formula is C11H20N2O. The van der Waals surface area contributed by atoms with Crippen molar-refractivity contribution in [3.05, 3.63) is 0 Å². The third-order valence-electron chi connectivity index (χ3n) is 3.33. The molecule has 0 unspecified atom stereocenters. The van der Waals surface area contributed by atoms with Crippen molar-refractivity contribution in [2.75, 3.05) is 19.6 Å². The van der Waals surface area contributed by atoms with Crippen LogP contribution in [0.3, 0.4) is 0 Å². The molecule has 2 aliphatic rings. The number of carbonyl (C=O) groups excluding carboxylic acids is 1. The molecule has 3 heteroatoms. The summed E-state index contributed by atoms with van der Waals surface area (Å²) >= 11 is 0. The summed E-state index contributed by atoms with van der Waals surface area (Å²) in [6, 6.07) is 0.613. The number of nitrogens with zero attached hydrogens (tertiary/aromatic N) is 1. The maximum Gasteiger partial charge on any atom is 0.222 e. The van der Waals surface area contributed by atoms with Gasteiger partial charge in [-0.15, -0.1) is 0 Å². The first-order valence-corrected chi connectivity index (χ1v) is 5.87. The van der Waals surface area contributed by atoms with Gasteiger partial charge in [-0.2, -0.15) is 0 Å². The molecule has 0 aromatic heterocycles. The highest BCUT2D eigenvalue weighted by atomic mass is 16.2. The second-order valence-electron chi connectivity index (χ2n) is 4.42. The van der Waals surface area contributed by atoms with E-state index in [1.165, 1.54) is 25.7 Å². The zero-order valence-corrected chi connectivity index (χ0v) is 8.80. The Morgan fingerprint density at radius 2 is 2.07 bits per heavy atom. The summed E-state index contributed by atoms with van der Waals surface area (Å²) in [4.78, 5) is 13.7. The van der Waals surface area contributed by atoms with Crippen molar-refractivity contribution in [1.82, 2.24) is 10.2 Å². The van der Waals surface area contributed by atoms with E-state index in [-0.39, 0.29) is 0 Å². The van der Waals surface area contributed by atoms with Gasteiger partial charge >= 0.3 is 0 Å². The van der Waals surface area contributed by atoms with Gasteiger partial charge in [0.1, 0.15) is 0 Å². The smallest absolute Gasteiger partial charge is 0.222 e. The Labute approximate surface area is 85.8 Å². The van der Waals surface area contributed by atoms with Gasteiger partial charge in [0.2, 0.25) is 5.91 Å². The fourth-order valence-electron chi connectivity index (χ4n) is 2.43. The Morgan fingerprint density at radius 3 is 2.71 bits per heavy atom. The van der Waals surface area contributed by atoms with Crippen molar-refractivity contribution in [2.45, 2.75) is 44.6 Å². The Hall–Kier alpha value is -0.570. The lowest BCUT2D eigenvalue weighted by Gasteiger charge is -2.16. The number of amides is 1. The molecule has 2 heterocycles. The van der Waals surface area contributed by atoms with E-state index in [0.717, 1.165) is 32.5 Å². The second kappa shape index (κ2) is 4.78. The Bertz CT molecular complexity index is 193. The molecule has 0 spiro atoms. The minimum absolute atomic E-state index is 0.371. The molecule has 0 saturated carbocycles. The fourth-order valence-corrected chi connectivity index (χ4v) is 2.43. The number of nitrogens with one attached hydrogen (secondary N) is 1. The van der Waals surface area contributed by atoms with Crippen LogP contribution >= 0.6 is 0 Å². The van der Waals surface area contributed by atoms with Crippen LogP contribution in [0.15, 0.2) is 0 Å².